The van der Waals surface area contributed by atoms with Crippen LogP contribution >= 0.6 is 0 Å². The molecule has 3 aromatic rings. The Morgan fingerprint density at radius 1 is 0.909 bits per heavy atom. The number of carbonyl (C=O) groups is 1. The van der Waals surface area contributed by atoms with Crippen LogP contribution in [0.1, 0.15) is 11.3 Å². The van der Waals surface area contributed by atoms with Crippen molar-refractivity contribution in [2.24, 2.45) is 0 Å². The molecule has 0 amide bonds. The molecule has 0 saturated carbocycles. The number of methoxy groups -OCH3 is 1. The first-order chi connectivity index (χ1) is 10.8. The summed E-state index contributed by atoms with van der Waals surface area (Å²) in [5, 5.41) is 0. The number of hydrogen-bond donors (Lipinski definition) is 0. The van der Waals surface area contributed by atoms with Crippen LogP contribution in [0, 0.1) is 0 Å². The molecule has 0 fully saturated rings. The number of esters is 1. The Kier molecular flexibility index (Phi) is 2.76. The van der Waals surface area contributed by atoms with Crippen LogP contribution in [0.4, 0.5) is 0 Å². The molecule has 2 aromatic carbocycles. The first kappa shape index (κ1) is 12.7. The standard InChI is InChI=1S/C18H12N2O2/c1-22-16(21)10-13-11-6-2-3-7-12(11)17-18(13)20-15-9-5-4-8-14(15)19-17/h2-10H,1H3. The number of carbonyl (C=O) groups excluding carboxylic acids is 1. The monoisotopic (exact) mass is 288 g/mol. The SMILES string of the molecule is COC(=O)C=C1c2ccccc2-c2nc3ccccc3nc21. The minimum atomic E-state index is -0.396. The van der Waals surface area contributed by atoms with E-state index in [9.17, 15) is 4.79 Å². The van der Waals surface area contributed by atoms with E-state index in [-0.39, 0.29) is 0 Å². The third-order valence-corrected chi connectivity index (χ3v) is 3.76. The van der Waals surface area contributed by atoms with Crippen LogP contribution in [0.25, 0.3) is 27.9 Å². The lowest BCUT2D eigenvalue weighted by Gasteiger charge is -2.03. The number of nitrogens with zero attached hydrogens (tertiary/aromatic N) is 2. The molecule has 0 N–H and O–H groups in total. The van der Waals surface area contributed by atoms with Crippen LogP contribution in [0.2, 0.25) is 0 Å². The van der Waals surface area contributed by atoms with Gasteiger partial charge in [-0.2, -0.15) is 0 Å². The molecular formula is C18H12N2O2. The summed E-state index contributed by atoms with van der Waals surface area (Å²) in [5.41, 5.74) is 5.90. The lowest BCUT2D eigenvalue weighted by molar-refractivity contribution is -0.134. The molecule has 4 rings (SSSR count). The minimum Gasteiger partial charge on any atom is -0.466 e. The second kappa shape index (κ2) is 4.77. The Bertz CT molecular complexity index is 945. The zero-order valence-electron chi connectivity index (χ0n) is 11.9. The molecule has 1 aliphatic rings. The first-order valence-corrected chi connectivity index (χ1v) is 6.94. The highest BCUT2D eigenvalue weighted by Crippen LogP contribution is 2.42. The summed E-state index contributed by atoms with van der Waals surface area (Å²) in [6.45, 7) is 0. The van der Waals surface area contributed by atoms with E-state index in [4.69, 9.17) is 14.7 Å². The number of ether oxygens (including phenoxy) is 1. The smallest absolute Gasteiger partial charge is 0.331 e. The molecule has 1 aromatic heterocycles. The van der Waals surface area contributed by atoms with Gasteiger partial charge in [0.2, 0.25) is 0 Å². The van der Waals surface area contributed by atoms with E-state index < -0.39 is 5.97 Å². The second-order valence-electron chi connectivity index (χ2n) is 5.04. The molecule has 4 heteroatoms. The molecule has 1 aliphatic carbocycles. The van der Waals surface area contributed by atoms with E-state index in [1.54, 1.807) is 0 Å². The second-order valence-corrected chi connectivity index (χ2v) is 5.04. The molecule has 0 spiro atoms. The predicted octanol–water partition coefficient (Wildman–Crippen LogP) is 3.21. The summed E-state index contributed by atoms with van der Waals surface area (Å²) < 4.78 is 4.77. The van der Waals surface area contributed by atoms with Gasteiger partial charge in [-0.15, -0.1) is 0 Å². The topological polar surface area (TPSA) is 52.1 Å². The van der Waals surface area contributed by atoms with Crippen molar-refractivity contribution < 1.29 is 9.53 Å². The number of para-hydroxylation sites is 2. The van der Waals surface area contributed by atoms with E-state index in [1.807, 2.05) is 48.5 Å². The van der Waals surface area contributed by atoms with Gasteiger partial charge >= 0.3 is 5.97 Å². The van der Waals surface area contributed by atoms with Gasteiger partial charge in [0.15, 0.2) is 0 Å². The van der Waals surface area contributed by atoms with Crippen LogP contribution in [0.15, 0.2) is 54.6 Å². The molecule has 0 radical (unpaired) electrons. The number of hydrogen-bond acceptors (Lipinski definition) is 4. The molecular weight excluding hydrogens is 276 g/mol. The summed E-state index contributed by atoms with van der Waals surface area (Å²) >= 11 is 0. The van der Waals surface area contributed by atoms with Gasteiger partial charge < -0.3 is 4.74 Å². The van der Waals surface area contributed by atoms with Crippen molar-refractivity contribution >= 4 is 22.6 Å². The summed E-state index contributed by atoms with van der Waals surface area (Å²) in [7, 11) is 1.37. The summed E-state index contributed by atoms with van der Waals surface area (Å²) in [5.74, 6) is -0.396. The van der Waals surface area contributed by atoms with Crippen LogP contribution in [0.3, 0.4) is 0 Å². The minimum absolute atomic E-state index is 0.396. The van der Waals surface area contributed by atoms with Gasteiger partial charge in [-0.25, -0.2) is 14.8 Å². The van der Waals surface area contributed by atoms with Crippen molar-refractivity contribution in [3.63, 3.8) is 0 Å². The Morgan fingerprint density at radius 2 is 1.50 bits per heavy atom. The number of aromatic nitrogens is 2. The highest BCUT2D eigenvalue weighted by molar-refractivity contribution is 6.06. The van der Waals surface area contributed by atoms with Crippen molar-refractivity contribution in [1.29, 1.82) is 0 Å². The van der Waals surface area contributed by atoms with Crippen molar-refractivity contribution in [2.75, 3.05) is 7.11 Å². The van der Waals surface area contributed by atoms with Crippen LogP contribution in [-0.4, -0.2) is 23.0 Å². The van der Waals surface area contributed by atoms with Crippen molar-refractivity contribution in [3.05, 3.63) is 65.9 Å². The van der Waals surface area contributed by atoms with E-state index in [0.717, 1.165) is 39.1 Å². The Hall–Kier alpha value is -3.01. The number of benzene rings is 2. The number of rotatable bonds is 1. The highest BCUT2D eigenvalue weighted by Gasteiger charge is 2.27. The third-order valence-electron chi connectivity index (χ3n) is 3.76. The summed E-state index contributed by atoms with van der Waals surface area (Å²) in [6.07, 6.45) is 1.48. The largest absolute Gasteiger partial charge is 0.466 e. The molecule has 22 heavy (non-hydrogen) atoms. The van der Waals surface area contributed by atoms with Gasteiger partial charge in [-0.1, -0.05) is 36.4 Å². The van der Waals surface area contributed by atoms with E-state index in [0.29, 0.717) is 0 Å². The quantitative estimate of drug-likeness (QED) is 0.398. The third kappa shape index (κ3) is 1.81. The molecule has 0 aliphatic heterocycles. The van der Waals surface area contributed by atoms with Crippen molar-refractivity contribution in [1.82, 2.24) is 9.97 Å². The maximum Gasteiger partial charge on any atom is 0.331 e. The van der Waals surface area contributed by atoms with Crippen molar-refractivity contribution in [2.45, 2.75) is 0 Å². The predicted molar refractivity (Wildman–Crippen MR) is 84.1 cm³/mol. The fourth-order valence-electron chi connectivity index (χ4n) is 2.75. The maximum absolute atomic E-state index is 11.7. The Labute approximate surface area is 127 Å². The van der Waals surface area contributed by atoms with Gasteiger partial charge in [-0.3, -0.25) is 0 Å². The van der Waals surface area contributed by atoms with Gasteiger partial charge in [0, 0.05) is 17.2 Å². The Balaban J connectivity index is 2.06. The number of fused-ring (bicyclic) bond motifs is 4. The van der Waals surface area contributed by atoms with Crippen LogP contribution < -0.4 is 0 Å². The van der Waals surface area contributed by atoms with E-state index in [1.165, 1.54) is 13.2 Å². The molecule has 0 atom stereocenters. The average molecular weight is 288 g/mol. The Morgan fingerprint density at radius 3 is 2.18 bits per heavy atom. The van der Waals surface area contributed by atoms with Crippen LogP contribution in [0.5, 0.6) is 0 Å². The fourth-order valence-corrected chi connectivity index (χ4v) is 2.75. The zero-order valence-corrected chi connectivity index (χ0v) is 11.9. The summed E-state index contributed by atoms with van der Waals surface area (Å²) in [6, 6.07) is 15.6. The lowest BCUT2D eigenvalue weighted by Crippen LogP contribution is -1.98. The fraction of sp³-hybridized carbons (Fsp3) is 0.0556. The van der Waals surface area contributed by atoms with E-state index in [2.05, 4.69) is 0 Å². The van der Waals surface area contributed by atoms with Gasteiger partial charge in [0.1, 0.15) is 0 Å². The van der Waals surface area contributed by atoms with Crippen LogP contribution in [-0.2, 0) is 9.53 Å². The average Bonchev–Trinajstić information content (AvgIpc) is 2.86. The lowest BCUT2D eigenvalue weighted by atomic mass is 10.1. The molecule has 0 saturated heterocycles. The summed E-state index contributed by atoms with van der Waals surface area (Å²) in [4.78, 5) is 21.1. The van der Waals surface area contributed by atoms with Gasteiger partial charge in [0.05, 0.1) is 29.5 Å². The van der Waals surface area contributed by atoms with Crippen molar-refractivity contribution in [3.8, 4) is 11.3 Å². The maximum atomic E-state index is 11.7. The van der Waals surface area contributed by atoms with E-state index >= 15 is 0 Å². The normalized spacial score (nSPS) is 14.0. The molecule has 106 valence electrons. The molecule has 1 heterocycles. The molecule has 4 nitrogen and oxygen atoms in total. The molecule has 0 unspecified atom stereocenters. The molecule has 0 bridgehead atoms. The van der Waals surface area contributed by atoms with Gasteiger partial charge in [0.25, 0.3) is 0 Å². The highest BCUT2D eigenvalue weighted by atomic mass is 16.5. The first-order valence-electron chi connectivity index (χ1n) is 6.94. The van der Waals surface area contributed by atoms with Gasteiger partial charge in [-0.05, 0) is 17.7 Å². The zero-order chi connectivity index (χ0) is 15.1.